The van der Waals surface area contributed by atoms with Crippen molar-refractivity contribution in [3.63, 3.8) is 0 Å². The highest BCUT2D eigenvalue weighted by Crippen LogP contribution is 2.37. The molecule has 7 nitrogen and oxygen atoms in total. The summed E-state index contributed by atoms with van der Waals surface area (Å²) in [6.07, 6.45) is 1.51. The van der Waals surface area contributed by atoms with E-state index in [4.69, 9.17) is 4.42 Å². The van der Waals surface area contributed by atoms with E-state index in [1.165, 1.54) is 22.9 Å². The number of imide groups is 1. The summed E-state index contributed by atoms with van der Waals surface area (Å²) in [6.45, 7) is 6.00. The Kier molecular flexibility index (Phi) is 7.38. The quantitative estimate of drug-likeness (QED) is 0.251. The summed E-state index contributed by atoms with van der Waals surface area (Å²) >= 11 is 1.18. The van der Waals surface area contributed by atoms with Gasteiger partial charge < -0.3 is 15.1 Å². The normalized spacial score (nSPS) is 13.3. The van der Waals surface area contributed by atoms with Crippen LogP contribution in [0.3, 0.4) is 0 Å². The summed E-state index contributed by atoms with van der Waals surface area (Å²) in [6, 6.07) is 23.7. The third-order valence-electron chi connectivity index (χ3n) is 6.42. The molecule has 2 heterocycles. The van der Waals surface area contributed by atoms with Crippen LogP contribution in [0.2, 0.25) is 0 Å². The van der Waals surface area contributed by atoms with E-state index in [1.54, 1.807) is 42.5 Å². The van der Waals surface area contributed by atoms with E-state index < -0.39 is 11.8 Å². The molecule has 0 atom stereocenters. The van der Waals surface area contributed by atoms with Gasteiger partial charge in [-0.05, 0) is 86.5 Å². The lowest BCUT2D eigenvalue weighted by atomic mass is 10.1. The molecule has 0 spiro atoms. The van der Waals surface area contributed by atoms with Gasteiger partial charge in [-0.15, -0.1) is 0 Å². The average Bonchev–Trinajstić information content (AvgIpc) is 3.51. The summed E-state index contributed by atoms with van der Waals surface area (Å²) in [4.78, 5) is 41.9. The minimum Gasteiger partial charge on any atom is -0.467 e. The average molecular weight is 538 g/mol. The molecule has 2 N–H and O–H groups in total. The molecule has 0 aliphatic carbocycles. The molecule has 1 aliphatic rings. The van der Waals surface area contributed by atoms with Crippen LogP contribution in [0.15, 0.2) is 105 Å². The summed E-state index contributed by atoms with van der Waals surface area (Å²) in [5, 5.41) is 6.09. The first kappa shape index (κ1) is 26.1. The van der Waals surface area contributed by atoms with Gasteiger partial charge in [0.25, 0.3) is 17.7 Å². The molecule has 1 aromatic heterocycles. The minimum atomic E-state index is -0.430. The van der Waals surface area contributed by atoms with E-state index in [0.29, 0.717) is 27.6 Å². The fourth-order valence-corrected chi connectivity index (χ4v) is 5.09. The largest absolute Gasteiger partial charge is 0.467 e. The van der Waals surface area contributed by atoms with Crippen molar-refractivity contribution in [3.8, 4) is 0 Å². The topological polar surface area (TPSA) is 91.7 Å². The second-order valence-electron chi connectivity index (χ2n) is 9.35. The fraction of sp³-hybridized carbons (Fsp3) is 0.129. The number of aryl methyl sites for hydroxylation is 3. The second-order valence-corrected chi connectivity index (χ2v) is 10.4. The number of furan rings is 1. The number of hydrogen-bond acceptors (Lipinski definition) is 6. The van der Waals surface area contributed by atoms with Gasteiger partial charge in [0.1, 0.15) is 16.4 Å². The number of amides is 3. The van der Waals surface area contributed by atoms with Gasteiger partial charge in [-0.1, -0.05) is 41.6 Å². The summed E-state index contributed by atoms with van der Waals surface area (Å²) < 4.78 is 5.39. The molecule has 1 aliphatic heterocycles. The molecular formula is C31H27N3O4S. The second kappa shape index (κ2) is 11.0. The number of anilines is 2. The Morgan fingerprint density at radius 1 is 0.846 bits per heavy atom. The first-order valence-electron chi connectivity index (χ1n) is 12.4. The number of benzene rings is 3. The zero-order valence-electron chi connectivity index (χ0n) is 21.8. The highest BCUT2D eigenvalue weighted by atomic mass is 32.2. The van der Waals surface area contributed by atoms with E-state index in [1.807, 2.05) is 57.2 Å². The molecule has 0 bridgehead atoms. The van der Waals surface area contributed by atoms with Crippen molar-refractivity contribution in [3.05, 3.63) is 124 Å². The maximum absolute atomic E-state index is 13.5. The maximum Gasteiger partial charge on any atom is 0.278 e. The summed E-state index contributed by atoms with van der Waals surface area (Å²) in [7, 11) is 0. The van der Waals surface area contributed by atoms with Crippen LogP contribution in [-0.2, 0) is 16.1 Å². The minimum absolute atomic E-state index is 0.0273. The van der Waals surface area contributed by atoms with Crippen molar-refractivity contribution in [2.75, 3.05) is 10.6 Å². The van der Waals surface area contributed by atoms with Gasteiger partial charge in [0.15, 0.2) is 0 Å². The van der Waals surface area contributed by atoms with Gasteiger partial charge >= 0.3 is 0 Å². The zero-order valence-corrected chi connectivity index (χ0v) is 22.6. The predicted molar refractivity (Wildman–Crippen MR) is 152 cm³/mol. The number of thioether (sulfide) groups is 1. The number of nitrogens with one attached hydrogen (secondary N) is 2. The number of nitrogens with zero attached hydrogens (tertiary/aromatic N) is 1. The molecule has 0 fully saturated rings. The van der Waals surface area contributed by atoms with Crippen LogP contribution in [-0.4, -0.2) is 22.6 Å². The molecule has 39 heavy (non-hydrogen) atoms. The van der Waals surface area contributed by atoms with Crippen molar-refractivity contribution in [2.45, 2.75) is 32.2 Å². The highest BCUT2D eigenvalue weighted by molar-refractivity contribution is 8.04. The van der Waals surface area contributed by atoms with Crippen LogP contribution in [0.1, 0.15) is 32.8 Å². The molecule has 0 saturated carbocycles. The Morgan fingerprint density at radius 2 is 1.64 bits per heavy atom. The standard InChI is InChI=1S/C31H27N3O4S/c1-19-9-12-22(13-10-19)29(35)33-23-6-4-8-26(17-23)39-28-27(32-24-14-11-20(2)21(3)16-24)30(36)34(31(28)37)18-25-7-5-15-38-25/h4-17,32H,18H2,1-3H3,(H,33,35). The number of carbonyl (C=O) groups is 3. The van der Waals surface area contributed by atoms with Crippen LogP contribution in [0.4, 0.5) is 11.4 Å². The lowest BCUT2D eigenvalue weighted by molar-refractivity contribution is -0.138. The maximum atomic E-state index is 13.5. The third-order valence-corrected chi connectivity index (χ3v) is 7.49. The third kappa shape index (κ3) is 5.81. The molecular weight excluding hydrogens is 510 g/mol. The van der Waals surface area contributed by atoms with Gasteiger partial charge in [-0.2, -0.15) is 0 Å². The van der Waals surface area contributed by atoms with Crippen LogP contribution >= 0.6 is 11.8 Å². The SMILES string of the molecule is Cc1ccc(C(=O)Nc2cccc(SC3=C(Nc4ccc(C)c(C)c4)C(=O)N(Cc4ccco4)C3=O)c2)cc1. The Labute approximate surface area is 230 Å². The molecule has 0 unspecified atom stereocenters. The summed E-state index contributed by atoms with van der Waals surface area (Å²) in [5.74, 6) is -0.567. The van der Waals surface area contributed by atoms with Gasteiger partial charge in [-0.25, -0.2) is 0 Å². The smallest absolute Gasteiger partial charge is 0.278 e. The molecule has 0 saturated heterocycles. The Morgan fingerprint density at radius 3 is 2.36 bits per heavy atom. The van der Waals surface area contributed by atoms with E-state index in [2.05, 4.69) is 10.6 Å². The molecule has 3 amide bonds. The van der Waals surface area contributed by atoms with Gasteiger partial charge in [0.05, 0.1) is 12.8 Å². The first-order chi connectivity index (χ1) is 18.8. The molecule has 196 valence electrons. The Balaban J connectivity index is 1.42. The number of hydrogen-bond donors (Lipinski definition) is 2. The monoisotopic (exact) mass is 537 g/mol. The van der Waals surface area contributed by atoms with Gasteiger partial charge in [0.2, 0.25) is 0 Å². The molecule has 4 aromatic rings. The lowest BCUT2D eigenvalue weighted by Crippen LogP contribution is -2.31. The van der Waals surface area contributed by atoms with Crippen LogP contribution in [0, 0.1) is 20.8 Å². The van der Waals surface area contributed by atoms with Crippen LogP contribution in [0.25, 0.3) is 0 Å². The van der Waals surface area contributed by atoms with Crippen molar-refractivity contribution in [2.24, 2.45) is 0 Å². The molecule has 5 rings (SSSR count). The van der Waals surface area contributed by atoms with E-state index >= 15 is 0 Å². The molecule has 8 heteroatoms. The first-order valence-corrected chi connectivity index (χ1v) is 13.2. The fourth-order valence-electron chi connectivity index (χ4n) is 4.09. The molecule has 0 radical (unpaired) electrons. The van der Waals surface area contributed by atoms with Crippen molar-refractivity contribution >= 4 is 40.9 Å². The van der Waals surface area contributed by atoms with E-state index in [-0.39, 0.29) is 23.1 Å². The molecule has 3 aromatic carbocycles. The highest BCUT2D eigenvalue weighted by Gasteiger charge is 2.39. The number of carbonyl (C=O) groups excluding carboxylic acids is 3. The van der Waals surface area contributed by atoms with E-state index in [0.717, 1.165) is 16.7 Å². The van der Waals surface area contributed by atoms with Crippen molar-refractivity contribution in [1.82, 2.24) is 4.90 Å². The van der Waals surface area contributed by atoms with Crippen molar-refractivity contribution < 1.29 is 18.8 Å². The Bertz CT molecular complexity index is 1590. The zero-order chi connectivity index (χ0) is 27.5. The van der Waals surface area contributed by atoms with Gasteiger partial charge in [0, 0.05) is 21.8 Å². The van der Waals surface area contributed by atoms with Crippen LogP contribution in [0.5, 0.6) is 0 Å². The summed E-state index contributed by atoms with van der Waals surface area (Å²) in [5.41, 5.74) is 5.31. The predicted octanol–water partition coefficient (Wildman–Crippen LogP) is 6.44. The Hall–Kier alpha value is -4.56. The van der Waals surface area contributed by atoms with Crippen LogP contribution < -0.4 is 10.6 Å². The van der Waals surface area contributed by atoms with Crippen molar-refractivity contribution in [1.29, 1.82) is 0 Å². The van der Waals surface area contributed by atoms with Gasteiger partial charge in [-0.3, -0.25) is 19.3 Å². The number of rotatable bonds is 8. The van der Waals surface area contributed by atoms with E-state index in [9.17, 15) is 14.4 Å². The lowest BCUT2D eigenvalue weighted by Gasteiger charge is -2.14.